The Labute approximate surface area is 182 Å². The molecule has 0 unspecified atom stereocenters. The van der Waals surface area contributed by atoms with E-state index in [1.807, 2.05) is 4.90 Å². The molecule has 0 radical (unpaired) electrons. The van der Waals surface area contributed by atoms with Crippen molar-refractivity contribution in [2.45, 2.75) is 32.6 Å². The van der Waals surface area contributed by atoms with Crippen molar-refractivity contribution in [3.8, 4) is 17.5 Å². The topological polar surface area (TPSA) is 82.8 Å². The minimum Gasteiger partial charge on any atom is -0.338 e. The summed E-state index contributed by atoms with van der Waals surface area (Å²) < 4.78 is 0. The minimum atomic E-state index is -0.476. The maximum Gasteiger partial charge on any atom is 0.256 e. The summed E-state index contributed by atoms with van der Waals surface area (Å²) in [6.45, 7) is 5.27. The Morgan fingerprint density at radius 3 is 2.48 bits per heavy atom. The summed E-state index contributed by atoms with van der Waals surface area (Å²) in [6, 6.07) is 16.3. The highest BCUT2D eigenvalue weighted by Gasteiger charge is 2.41. The number of hydrogen-bond donors (Lipinski definition) is 0. The molecule has 0 bridgehead atoms. The van der Waals surface area contributed by atoms with Gasteiger partial charge >= 0.3 is 0 Å². The highest BCUT2D eigenvalue weighted by Crippen LogP contribution is 2.44. The Bertz CT molecular complexity index is 1100. The smallest absolute Gasteiger partial charge is 0.256 e. The summed E-state index contributed by atoms with van der Waals surface area (Å²) >= 11 is 0. The first-order valence-corrected chi connectivity index (χ1v) is 10.5. The van der Waals surface area contributed by atoms with Crippen molar-refractivity contribution in [3.63, 3.8) is 0 Å². The summed E-state index contributed by atoms with van der Waals surface area (Å²) in [5.41, 5.74) is 3.60. The van der Waals surface area contributed by atoms with Gasteiger partial charge in [-0.25, -0.2) is 9.97 Å². The molecule has 1 aromatic carbocycles. The number of aromatic nitrogens is 3. The Morgan fingerprint density at radius 2 is 1.84 bits per heavy atom. The Balaban J connectivity index is 1.53. The van der Waals surface area contributed by atoms with Crippen molar-refractivity contribution >= 4 is 5.91 Å². The van der Waals surface area contributed by atoms with Crippen LogP contribution in [0.1, 0.15) is 47.2 Å². The average Bonchev–Trinajstić information content (AvgIpc) is 2.84. The Kier molecular flexibility index (Phi) is 5.77. The molecule has 1 aliphatic heterocycles. The summed E-state index contributed by atoms with van der Waals surface area (Å²) in [6.07, 6.45) is 6.04. The molecule has 0 saturated carbocycles. The third-order valence-corrected chi connectivity index (χ3v) is 6.43. The zero-order valence-corrected chi connectivity index (χ0v) is 17.8. The van der Waals surface area contributed by atoms with Crippen molar-refractivity contribution in [1.29, 1.82) is 5.26 Å². The molecule has 1 amide bonds. The Hall–Kier alpha value is -3.59. The quantitative estimate of drug-likeness (QED) is 0.636. The van der Waals surface area contributed by atoms with Crippen LogP contribution in [0.4, 0.5) is 0 Å². The average molecular weight is 412 g/mol. The van der Waals surface area contributed by atoms with E-state index in [1.54, 1.807) is 30.6 Å². The fourth-order valence-corrected chi connectivity index (χ4v) is 4.31. The molecule has 3 heterocycles. The number of piperidine rings is 1. The van der Waals surface area contributed by atoms with Crippen LogP contribution in [0.2, 0.25) is 0 Å². The van der Waals surface area contributed by atoms with E-state index in [1.165, 1.54) is 17.5 Å². The third kappa shape index (κ3) is 4.04. The number of likely N-dealkylation sites (tertiary alicyclic amines) is 1. The molecular formula is C25H25N5O. The lowest BCUT2D eigenvalue weighted by Crippen LogP contribution is -2.44. The van der Waals surface area contributed by atoms with E-state index in [-0.39, 0.29) is 11.8 Å². The van der Waals surface area contributed by atoms with Crippen LogP contribution in [0.25, 0.3) is 11.4 Å². The monoisotopic (exact) mass is 411 g/mol. The van der Waals surface area contributed by atoms with Gasteiger partial charge in [0, 0.05) is 25.5 Å². The fourth-order valence-electron chi connectivity index (χ4n) is 4.31. The van der Waals surface area contributed by atoms with Crippen molar-refractivity contribution in [1.82, 2.24) is 19.9 Å². The van der Waals surface area contributed by atoms with Gasteiger partial charge in [0.25, 0.3) is 5.91 Å². The van der Waals surface area contributed by atoms with E-state index in [4.69, 9.17) is 0 Å². The van der Waals surface area contributed by atoms with E-state index in [9.17, 15) is 10.1 Å². The number of carbonyl (C=O) groups is 1. The van der Waals surface area contributed by atoms with Gasteiger partial charge in [0.05, 0.1) is 22.7 Å². The van der Waals surface area contributed by atoms with Crippen LogP contribution < -0.4 is 0 Å². The maximum atomic E-state index is 13.3. The van der Waals surface area contributed by atoms with E-state index >= 15 is 0 Å². The molecule has 31 heavy (non-hydrogen) atoms. The molecule has 1 aliphatic rings. The molecule has 3 aromatic rings. The van der Waals surface area contributed by atoms with E-state index < -0.39 is 5.41 Å². The predicted octanol–water partition coefficient (Wildman–Crippen LogP) is 4.40. The molecule has 0 spiro atoms. The van der Waals surface area contributed by atoms with Crippen LogP contribution in [0.3, 0.4) is 0 Å². The molecule has 1 atom stereocenters. The highest BCUT2D eigenvalue weighted by atomic mass is 16.2. The van der Waals surface area contributed by atoms with Gasteiger partial charge in [0.1, 0.15) is 12.0 Å². The van der Waals surface area contributed by atoms with Gasteiger partial charge in [0.2, 0.25) is 0 Å². The largest absolute Gasteiger partial charge is 0.338 e. The number of nitriles is 1. The first kappa shape index (κ1) is 20.7. The first-order valence-electron chi connectivity index (χ1n) is 10.5. The molecule has 4 rings (SSSR count). The predicted molar refractivity (Wildman–Crippen MR) is 118 cm³/mol. The summed E-state index contributed by atoms with van der Waals surface area (Å²) in [4.78, 5) is 27.7. The summed E-state index contributed by atoms with van der Waals surface area (Å²) in [5.74, 6) is 0.0292. The van der Waals surface area contributed by atoms with Gasteiger partial charge in [-0.05, 0) is 49.4 Å². The lowest BCUT2D eigenvalue weighted by Gasteiger charge is -2.41. The Morgan fingerprint density at radius 1 is 1.10 bits per heavy atom. The first-order chi connectivity index (χ1) is 15.0. The van der Waals surface area contributed by atoms with Crippen molar-refractivity contribution in [2.24, 2.45) is 5.41 Å². The van der Waals surface area contributed by atoms with Crippen LogP contribution in [-0.2, 0) is 0 Å². The van der Waals surface area contributed by atoms with E-state index in [0.717, 1.165) is 0 Å². The number of hydrogen-bond acceptors (Lipinski definition) is 5. The molecule has 1 fully saturated rings. The number of nitrogens with zero attached hydrogens (tertiary/aromatic N) is 5. The van der Waals surface area contributed by atoms with Gasteiger partial charge in [-0.1, -0.05) is 36.8 Å². The zero-order chi connectivity index (χ0) is 21.8. The standard InChI is InChI=1S/C25H25N5O/c1-18-5-7-20(8-6-18)19(2)25(16-26)10-14-30(15-11-25)24(31)21-4-3-12-28-23(21)22-9-13-27-17-29-22/h3-9,12-13,17,19H,10-11,14-15H2,1-2H3/t19-/m1/s1. The minimum absolute atomic E-state index is 0.0729. The third-order valence-electron chi connectivity index (χ3n) is 6.43. The number of benzene rings is 1. The number of rotatable bonds is 4. The van der Waals surface area contributed by atoms with Crippen molar-refractivity contribution < 1.29 is 4.79 Å². The van der Waals surface area contributed by atoms with Crippen LogP contribution in [-0.4, -0.2) is 38.8 Å². The second kappa shape index (κ2) is 8.65. The lowest BCUT2D eigenvalue weighted by atomic mass is 9.68. The molecule has 6 nitrogen and oxygen atoms in total. The molecule has 6 heteroatoms. The number of carbonyl (C=O) groups excluding carboxylic acids is 1. The lowest BCUT2D eigenvalue weighted by molar-refractivity contribution is 0.0623. The molecule has 0 aliphatic carbocycles. The fraction of sp³-hybridized carbons (Fsp3) is 0.320. The van der Waals surface area contributed by atoms with Gasteiger partial charge in [0.15, 0.2) is 0 Å². The maximum absolute atomic E-state index is 13.3. The number of amides is 1. The zero-order valence-electron chi connectivity index (χ0n) is 17.8. The number of pyridine rings is 1. The van der Waals surface area contributed by atoms with Crippen LogP contribution in [0.5, 0.6) is 0 Å². The van der Waals surface area contributed by atoms with Crippen LogP contribution >= 0.6 is 0 Å². The summed E-state index contributed by atoms with van der Waals surface area (Å²) in [7, 11) is 0. The normalized spacial score (nSPS) is 16.4. The van der Waals surface area contributed by atoms with Gasteiger partial charge in [-0.3, -0.25) is 9.78 Å². The van der Waals surface area contributed by atoms with Crippen LogP contribution in [0.15, 0.2) is 61.2 Å². The van der Waals surface area contributed by atoms with Gasteiger partial charge in [-0.15, -0.1) is 0 Å². The molecule has 2 aromatic heterocycles. The van der Waals surface area contributed by atoms with Gasteiger partial charge < -0.3 is 4.90 Å². The SMILES string of the molecule is Cc1ccc([C@@H](C)C2(C#N)CCN(C(=O)c3cccnc3-c3ccncn3)CC2)cc1. The molecular weight excluding hydrogens is 386 g/mol. The summed E-state index contributed by atoms with van der Waals surface area (Å²) in [5, 5.41) is 10.1. The van der Waals surface area contributed by atoms with E-state index in [2.05, 4.69) is 59.1 Å². The van der Waals surface area contributed by atoms with Crippen molar-refractivity contribution in [3.05, 3.63) is 77.9 Å². The second-order valence-corrected chi connectivity index (χ2v) is 8.19. The van der Waals surface area contributed by atoms with Crippen molar-refractivity contribution in [2.75, 3.05) is 13.1 Å². The van der Waals surface area contributed by atoms with Gasteiger partial charge in [-0.2, -0.15) is 5.26 Å². The second-order valence-electron chi connectivity index (χ2n) is 8.19. The van der Waals surface area contributed by atoms with E-state index in [0.29, 0.717) is 42.9 Å². The molecule has 0 N–H and O–H groups in total. The molecule has 1 saturated heterocycles. The highest BCUT2D eigenvalue weighted by molar-refractivity contribution is 5.99. The number of aryl methyl sites for hydroxylation is 1. The van der Waals surface area contributed by atoms with Crippen LogP contribution in [0, 0.1) is 23.7 Å². The molecule has 156 valence electrons.